The Hall–Kier alpha value is -1.53. The molecule has 0 amide bonds. The van der Waals surface area contributed by atoms with Crippen molar-refractivity contribution in [2.75, 3.05) is 6.61 Å². The number of aryl methyl sites for hydroxylation is 1. The van der Waals surface area contributed by atoms with Crippen molar-refractivity contribution in [1.29, 1.82) is 0 Å². The molecule has 96 valence electrons. The maximum absolute atomic E-state index is 5.74. The van der Waals surface area contributed by atoms with Crippen molar-refractivity contribution in [3.8, 4) is 17.6 Å². The fraction of sp³-hybridized carbons (Fsp3) is 0.533. The number of nitrogens with zero attached hydrogens (tertiary/aromatic N) is 1. The van der Waals surface area contributed by atoms with Crippen LogP contribution in [0.2, 0.25) is 0 Å². The van der Waals surface area contributed by atoms with Gasteiger partial charge in [0.2, 0.25) is 0 Å². The zero-order chi connectivity index (χ0) is 12.8. The highest BCUT2D eigenvalue weighted by Crippen LogP contribution is 2.22. The fourth-order valence-corrected chi connectivity index (χ4v) is 1.72. The second-order valence-electron chi connectivity index (χ2n) is 4.58. The molecular weight excluding hydrogens is 224 g/mol. The van der Waals surface area contributed by atoms with Crippen LogP contribution in [0, 0.1) is 18.8 Å². The molecule has 1 aromatic heterocycles. The van der Waals surface area contributed by atoms with E-state index < -0.39 is 0 Å². The Kier molecular flexibility index (Phi) is 4.60. The van der Waals surface area contributed by atoms with Crippen molar-refractivity contribution in [2.45, 2.75) is 45.7 Å². The highest BCUT2D eigenvalue weighted by molar-refractivity contribution is 5.29. The van der Waals surface area contributed by atoms with E-state index in [2.05, 4.69) is 22.1 Å². The van der Waals surface area contributed by atoms with Crippen LogP contribution in [0.15, 0.2) is 12.1 Å². The van der Waals surface area contributed by atoms with Gasteiger partial charge in [0.1, 0.15) is 5.75 Å². The number of aromatic nitrogens is 1. The molecule has 3 heteroatoms. The van der Waals surface area contributed by atoms with Crippen molar-refractivity contribution in [3.05, 3.63) is 23.5 Å². The van der Waals surface area contributed by atoms with E-state index in [9.17, 15) is 0 Å². The predicted molar refractivity (Wildman–Crippen MR) is 72.4 cm³/mol. The SMILES string of the molecule is CC#CCCOc1ccc(C)nc1CNC1CC1. The van der Waals surface area contributed by atoms with Gasteiger partial charge in [0.05, 0.1) is 12.3 Å². The lowest BCUT2D eigenvalue weighted by atomic mass is 10.2. The van der Waals surface area contributed by atoms with Gasteiger partial charge >= 0.3 is 0 Å². The van der Waals surface area contributed by atoms with E-state index in [4.69, 9.17) is 4.74 Å². The Morgan fingerprint density at radius 3 is 3.00 bits per heavy atom. The van der Waals surface area contributed by atoms with E-state index >= 15 is 0 Å². The summed E-state index contributed by atoms with van der Waals surface area (Å²) in [5, 5.41) is 3.47. The summed E-state index contributed by atoms with van der Waals surface area (Å²) in [7, 11) is 0. The first kappa shape index (κ1) is 12.9. The minimum Gasteiger partial charge on any atom is -0.491 e. The minimum atomic E-state index is 0.627. The highest BCUT2D eigenvalue weighted by Gasteiger charge is 2.21. The van der Waals surface area contributed by atoms with Gasteiger partial charge in [-0.1, -0.05) is 0 Å². The zero-order valence-electron chi connectivity index (χ0n) is 11.1. The molecule has 0 unspecified atom stereocenters. The summed E-state index contributed by atoms with van der Waals surface area (Å²) in [6, 6.07) is 4.68. The predicted octanol–water partition coefficient (Wildman–Crippen LogP) is 2.43. The van der Waals surface area contributed by atoms with E-state index in [1.54, 1.807) is 0 Å². The third-order valence-corrected chi connectivity index (χ3v) is 2.87. The molecule has 1 aliphatic rings. The number of rotatable bonds is 6. The van der Waals surface area contributed by atoms with Crippen LogP contribution in [0.1, 0.15) is 37.6 Å². The molecule has 18 heavy (non-hydrogen) atoms. The maximum atomic E-state index is 5.74. The first-order valence-corrected chi connectivity index (χ1v) is 6.52. The molecule has 0 atom stereocenters. The summed E-state index contributed by atoms with van der Waals surface area (Å²) < 4.78 is 5.74. The zero-order valence-corrected chi connectivity index (χ0v) is 11.1. The molecule has 2 rings (SSSR count). The van der Waals surface area contributed by atoms with Crippen molar-refractivity contribution < 1.29 is 4.74 Å². The molecule has 0 saturated heterocycles. The largest absolute Gasteiger partial charge is 0.491 e. The average Bonchev–Trinajstić information content (AvgIpc) is 3.18. The van der Waals surface area contributed by atoms with Gasteiger partial charge in [-0.2, -0.15) is 0 Å². The molecular formula is C15H20N2O. The van der Waals surface area contributed by atoms with E-state index in [0.29, 0.717) is 12.6 Å². The molecule has 1 aliphatic carbocycles. The summed E-state index contributed by atoms with van der Waals surface area (Å²) in [4.78, 5) is 4.55. The van der Waals surface area contributed by atoms with E-state index in [1.165, 1.54) is 12.8 Å². The molecule has 0 aromatic carbocycles. The van der Waals surface area contributed by atoms with Gasteiger partial charge in [0.25, 0.3) is 0 Å². The molecule has 0 bridgehead atoms. The average molecular weight is 244 g/mol. The summed E-state index contributed by atoms with van der Waals surface area (Å²) in [6.07, 6.45) is 3.34. The number of pyridine rings is 1. The van der Waals surface area contributed by atoms with Crippen molar-refractivity contribution in [1.82, 2.24) is 10.3 Å². The molecule has 1 saturated carbocycles. The Bertz CT molecular complexity index is 455. The van der Waals surface area contributed by atoms with E-state index in [-0.39, 0.29) is 0 Å². The van der Waals surface area contributed by atoms with Crippen LogP contribution >= 0.6 is 0 Å². The normalized spacial score (nSPS) is 13.9. The van der Waals surface area contributed by atoms with Crippen LogP contribution in [0.4, 0.5) is 0 Å². The standard InChI is InChI=1S/C15H20N2O/c1-3-4-5-10-18-15-9-6-12(2)17-14(15)11-16-13-7-8-13/h6,9,13,16H,5,7-8,10-11H2,1-2H3. The quantitative estimate of drug-likeness (QED) is 0.616. The topological polar surface area (TPSA) is 34.1 Å². The van der Waals surface area contributed by atoms with Crippen LogP contribution < -0.4 is 10.1 Å². The molecule has 0 spiro atoms. The first-order chi connectivity index (χ1) is 8.79. The minimum absolute atomic E-state index is 0.627. The number of ether oxygens (including phenoxy) is 1. The van der Waals surface area contributed by atoms with Gasteiger partial charge in [0, 0.05) is 24.7 Å². The summed E-state index contributed by atoms with van der Waals surface area (Å²) >= 11 is 0. The highest BCUT2D eigenvalue weighted by atomic mass is 16.5. The number of hydrogen-bond acceptors (Lipinski definition) is 3. The van der Waals surface area contributed by atoms with Gasteiger partial charge < -0.3 is 10.1 Å². The molecule has 3 nitrogen and oxygen atoms in total. The van der Waals surface area contributed by atoms with Gasteiger partial charge in [-0.15, -0.1) is 11.8 Å². The van der Waals surface area contributed by atoms with Gasteiger partial charge in [-0.05, 0) is 38.8 Å². The second-order valence-corrected chi connectivity index (χ2v) is 4.58. The van der Waals surface area contributed by atoms with E-state index in [1.807, 2.05) is 26.0 Å². The van der Waals surface area contributed by atoms with Crippen molar-refractivity contribution in [2.24, 2.45) is 0 Å². The Balaban J connectivity index is 1.94. The van der Waals surface area contributed by atoms with Gasteiger partial charge in [-0.25, -0.2) is 0 Å². The Morgan fingerprint density at radius 2 is 2.28 bits per heavy atom. The van der Waals surface area contributed by atoms with Crippen LogP contribution in [-0.2, 0) is 6.54 Å². The van der Waals surface area contributed by atoms with Crippen LogP contribution in [0.25, 0.3) is 0 Å². The van der Waals surface area contributed by atoms with Crippen molar-refractivity contribution >= 4 is 0 Å². The second kappa shape index (κ2) is 6.42. The monoisotopic (exact) mass is 244 g/mol. The lowest BCUT2D eigenvalue weighted by molar-refractivity contribution is 0.320. The molecule has 0 radical (unpaired) electrons. The lowest BCUT2D eigenvalue weighted by Crippen LogP contribution is -2.17. The van der Waals surface area contributed by atoms with Crippen molar-refractivity contribution in [3.63, 3.8) is 0 Å². The third-order valence-electron chi connectivity index (χ3n) is 2.87. The fourth-order valence-electron chi connectivity index (χ4n) is 1.72. The lowest BCUT2D eigenvalue weighted by Gasteiger charge is -2.11. The first-order valence-electron chi connectivity index (χ1n) is 6.52. The maximum Gasteiger partial charge on any atom is 0.142 e. The van der Waals surface area contributed by atoms with Crippen LogP contribution in [0.5, 0.6) is 5.75 Å². The third kappa shape index (κ3) is 4.05. The summed E-state index contributed by atoms with van der Waals surface area (Å²) in [5.74, 6) is 6.75. The van der Waals surface area contributed by atoms with Crippen LogP contribution in [0.3, 0.4) is 0 Å². The van der Waals surface area contributed by atoms with E-state index in [0.717, 1.165) is 30.1 Å². The number of nitrogens with one attached hydrogen (secondary N) is 1. The number of hydrogen-bond donors (Lipinski definition) is 1. The molecule has 1 aromatic rings. The summed E-state index contributed by atoms with van der Waals surface area (Å²) in [6.45, 7) is 5.27. The Labute approximate surface area is 109 Å². The van der Waals surface area contributed by atoms with Crippen LogP contribution in [-0.4, -0.2) is 17.6 Å². The smallest absolute Gasteiger partial charge is 0.142 e. The Morgan fingerprint density at radius 1 is 1.44 bits per heavy atom. The molecule has 0 aliphatic heterocycles. The van der Waals surface area contributed by atoms with Gasteiger partial charge in [0.15, 0.2) is 0 Å². The molecule has 1 N–H and O–H groups in total. The summed E-state index contributed by atoms with van der Waals surface area (Å²) in [5.41, 5.74) is 2.04. The molecule has 1 fully saturated rings. The molecule has 1 heterocycles. The van der Waals surface area contributed by atoms with Gasteiger partial charge in [-0.3, -0.25) is 4.98 Å².